The van der Waals surface area contributed by atoms with Crippen LogP contribution in [-0.4, -0.2) is 42.3 Å². The normalized spacial score (nSPS) is 17.0. The number of carbonyl (C=O) groups is 3. The van der Waals surface area contributed by atoms with Gasteiger partial charge in [0.2, 0.25) is 5.91 Å². The van der Waals surface area contributed by atoms with E-state index in [9.17, 15) is 14.4 Å². The van der Waals surface area contributed by atoms with Crippen LogP contribution in [0.2, 0.25) is 0 Å². The number of carboxylic acids is 1. The molecule has 0 heterocycles. The van der Waals surface area contributed by atoms with Gasteiger partial charge < -0.3 is 20.5 Å². The highest BCUT2D eigenvalue weighted by Gasteiger charge is 2.42. The summed E-state index contributed by atoms with van der Waals surface area (Å²) in [6.07, 6.45) is 2.42. The number of rotatable bonds is 8. The second-order valence-corrected chi connectivity index (χ2v) is 9.14. The Morgan fingerprint density at radius 3 is 2.18 bits per heavy atom. The van der Waals surface area contributed by atoms with Gasteiger partial charge in [0.15, 0.2) is 0 Å². The Kier molecular flexibility index (Phi) is 6.67. The number of benzene rings is 2. The number of aliphatic carboxylic acids is 1. The summed E-state index contributed by atoms with van der Waals surface area (Å²) in [4.78, 5) is 36.4. The zero-order chi connectivity index (χ0) is 23.4. The summed E-state index contributed by atoms with van der Waals surface area (Å²) in [6, 6.07) is 15.8. The number of carboxylic acid groups (broad SMARTS) is 1. The third-order valence-electron chi connectivity index (χ3n) is 6.82. The monoisotopic (exact) mass is 450 g/mol. The van der Waals surface area contributed by atoms with E-state index in [2.05, 4.69) is 34.9 Å². The standard InChI is InChI=1S/C26H30N2O5/c1-17(14-23(29)30)28-24(31)26(12-6-7-13-26)16-27-25(32)33-15-22-20-10-4-2-8-18(20)19-9-3-5-11-21(19)22/h2-5,8-11,17,22H,6-7,12-16H2,1H3,(H,27,32)(H,28,31)(H,29,30). The molecule has 0 radical (unpaired) electrons. The van der Waals surface area contributed by atoms with Crippen molar-refractivity contribution in [2.24, 2.45) is 5.41 Å². The average molecular weight is 451 g/mol. The lowest BCUT2D eigenvalue weighted by atomic mass is 9.84. The molecule has 1 unspecified atom stereocenters. The summed E-state index contributed by atoms with van der Waals surface area (Å²) in [5, 5.41) is 14.5. The molecule has 2 amide bonds. The molecule has 3 N–H and O–H groups in total. The molecular formula is C26H30N2O5. The summed E-state index contributed by atoms with van der Waals surface area (Å²) in [6.45, 7) is 2.07. The second kappa shape index (κ2) is 9.65. The zero-order valence-corrected chi connectivity index (χ0v) is 18.8. The fourth-order valence-corrected chi connectivity index (χ4v) is 5.12. The Labute approximate surface area is 193 Å². The molecule has 0 aliphatic heterocycles. The molecule has 2 aliphatic rings. The van der Waals surface area contributed by atoms with Crippen molar-refractivity contribution in [3.05, 3.63) is 59.7 Å². The Hall–Kier alpha value is -3.35. The number of amides is 2. The lowest BCUT2D eigenvalue weighted by molar-refractivity contribution is -0.138. The molecular weight excluding hydrogens is 420 g/mol. The fraction of sp³-hybridized carbons (Fsp3) is 0.423. The van der Waals surface area contributed by atoms with Crippen LogP contribution >= 0.6 is 0 Å². The van der Waals surface area contributed by atoms with Crippen molar-refractivity contribution in [2.45, 2.75) is 51.0 Å². The first-order chi connectivity index (χ1) is 15.9. The smallest absolute Gasteiger partial charge is 0.407 e. The maximum Gasteiger partial charge on any atom is 0.407 e. The van der Waals surface area contributed by atoms with Gasteiger partial charge in [-0.05, 0) is 42.0 Å². The quantitative estimate of drug-likeness (QED) is 0.562. The van der Waals surface area contributed by atoms with E-state index in [-0.39, 0.29) is 31.4 Å². The van der Waals surface area contributed by atoms with Gasteiger partial charge in [-0.3, -0.25) is 9.59 Å². The molecule has 0 saturated heterocycles. The van der Waals surface area contributed by atoms with E-state index in [0.29, 0.717) is 12.8 Å². The maximum absolute atomic E-state index is 12.9. The van der Waals surface area contributed by atoms with Gasteiger partial charge in [0.05, 0.1) is 11.8 Å². The Bertz CT molecular complexity index is 999. The number of fused-ring (bicyclic) bond motifs is 3. The molecule has 0 bridgehead atoms. The second-order valence-electron chi connectivity index (χ2n) is 9.14. The lowest BCUT2D eigenvalue weighted by Gasteiger charge is -2.29. The zero-order valence-electron chi connectivity index (χ0n) is 18.8. The third-order valence-corrected chi connectivity index (χ3v) is 6.82. The van der Waals surface area contributed by atoms with Gasteiger partial charge in [0.1, 0.15) is 6.61 Å². The summed E-state index contributed by atoms with van der Waals surface area (Å²) in [7, 11) is 0. The van der Waals surface area contributed by atoms with E-state index in [1.165, 1.54) is 11.1 Å². The fourth-order valence-electron chi connectivity index (χ4n) is 5.12. The van der Waals surface area contributed by atoms with Crippen molar-refractivity contribution in [1.82, 2.24) is 10.6 Å². The number of carbonyl (C=O) groups excluding carboxylic acids is 2. The highest BCUT2D eigenvalue weighted by molar-refractivity contribution is 5.84. The molecule has 0 spiro atoms. The molecule has 1 saturated carbocycles. The van der Waals surface area contributed by atoms with Crippen LogP contribution in [0.25, 0.3) is 11.1 Å². The molecule has 33 heavy (non-hydrogen) atoms. The number of ether oxygens (including phenoxy) is 1. The molecule has 174 valence electrons. The van der Waals surface area contributed by atoms with Crippen LogP contribution in [0, 0.1) is 5.41 Å². The molecule has 1 atom stereocenters. The molecule has 4 rings (SSSR count). The topological polar surface area (TPSA) is 105 Å². The van der Waals surface area contributed by atoms with Crippen LogP contribution in [0.3, 0.4) is 0 Å². The van der Waals surface area contributed by atoms with Crippen LogP contribution in [0.5, 0.6) is 0 Å². The van der Waals surface area contributed by atoms with Gasteiger partial charge in [0.25, 0.3) is 0 Å². The SMILES string of the molecule is CC(CC(=O)O)NC(=O)C1(CNC(=O)OCC2c3ccccc3-c3ccccc32)CCCC1. The summed E-state index contributed by atoms with van der Waals surface area (Å²) < 4.78 is 5.60. The van der Waals surface area contributed by atoms with Gasteiger partial charge in [-0.2, -0.15) is 0 Å². The minimum Gasteiger partial charge on any atom is -0.481 e. The highest BCUT2D eigenvalue weighted by atomic mass is 16.5. The Morgan fingerprint density at radius 2 is 1.61 bits per heavy atom. The third kappa shape index (κ3) is 4.87. The minimum atomic E-state index is -0.958. The number of nitrogens with one attached hydrogen (secondary N) is 2. The van der Waals surface area contributed by atoms with Crippen LogP contribution in [-0.2, 0) is 14.3 Å². The van der Waals surface area contributed by atoms with E-state index in [0.717, 1.165) is 24.0 Å². The molecule has 0 aromatic heterocycles. The van der Waals surface area contributed by atoms with E-state index in [4.69, 9.17) is 9.84 Å². The van der Waals surface area contributed by atoms with Crippen molar-refractivity contribution >= 4 is 18.0 Å². The van der Waals surface area contributed by atoms with E-state index in [1.807, 2.05) is 24.3 Å². The molecule has 7 nitrogen and oxygen atoms in total. The van der Waals surface area contributed by atoms with Gasteiger partial charge in [-0.15, -0.1) is 0 Å². The number of hydrogen-bond acceptors (Lipinski definition) is 4. The van der Waals surface area contributed by atoms with Gasteiger partial charge in [-0.25, -0.2) is 4.79 Å². The van der Waals surface area contributed by atoms with Gasteiger partial charge in [-0.1, -0.05) is 61.4 Å². The van der Waals surface area contributed by atoms with Gasteiger partial charge >= 0.3 is 12.1 Å². The first kappa shape index (κ1) is 22.8. The molecule has 1 fully saturated rings. The summed E-state index contributed by atoms with van der Waals surface area (Å²) in [5.74, 6) is -1.18. The molecule has 2 aliphatic carbocycles. The number of hydrogen-bond donors (Lipinski definition) is 3. The summed E-state index contributed by atoms with van der Waals surface area (Å²) >= 11 is 0. The number of alkyl carbamates (subject to hydrolysis) is 1. The van der Waals surface area contributed by atoms with Crippen LogP contribution in [0.1, 0.15) is 56.1 Å². The molecule has 7 heteroatoms. The van der Waals surface area contributed by atoms with Crippen LogP contribution < -0.4 is 10.6 Å². The van der Waals surface area contributed by atoms with Crippen molar-refractivity contribution in [3.63, 3.8) is 0 Å². The maximum atomic E-state index is 12.9. The predicted molar refractivity (Wildman–Crippen MR) is 124 cm³/mol. The van der Waals surface area contributed by atoms with Crippen molar-refractivity contribution in [3.8, 4) is 11.1 Å². The Balaban J connectivity index is 1.36. The van der Waals surface area contributed by atoms with E-state index < -0.39 is 23.5 Å². The first-order valence-electron chi connectivity index (χ1n) is 11.5. The lowest BCUT2D eigenvalue weighted by Crippen LogP contribution is -2.49. The van der Waals surface area contributed by atoms with Crippen molar-refractivity contribution in [1.29, 1.82) is 0 Å². The summed E-state index contributed by atoms with van der Waals surface area (Å²) in [5.41, 5.74) is 3.90. The molecule has 2 aromatic rings. The largest absolute Gasteiger partial charge is 0.481 e. The first-order valence-corrected chi connectivity index (χ1v) is 11.5. The average Bonchev–Trinajstić information content (AvgIpc) is 3.40. The van der Waals surface area contributed by atoms with Gasteiger partial charge in [0, 0.05) is 18.5 Å². The predicted octanol–water partition coefficient (Wildman–Crippen LogP) is 4.06. The van der Waals surface area contributed by atoms with Crippen LogP contribution in [0.4, 0.5) is 4.79 Å². The van der Waals surface area contributed by atoms with Crippen molar-refractivity contribution in [2.75, 3.05) is 13.2 Å². The van der Waals surface area contributed by atoms with Crippen LogP contribution in [0.15, 0.2) is 48.5 Å². The van der Waals surface area contributed by atoms with E-state index >= 15 is 0 Å². The minimum absolute atomic E-state index is 0.0243. The van der Waals surface area contributed by atoms with Crippen molar-refractivity contribution < 1.29 is 24.2 Å². The Morgan fingerprint density at radius 1 is 1.03 bits per heavy atom. The highest BCUT2D eigenvalue weighted by Crippen LogP contribution is 2.44. The molecule has 2 aromatic carbocycles. The van der Waals surface area contributed by atoms with E-state index in [1.54, 1.807) is 6.92 Å².